The highest BCUT2D eigenvalue weighted by Gasteiger charge is 2.09. The quantitative estimate of drug-likeness (QED) is 0.669. The van der Waals surface area contributed by atoms with Crippen LogP contribution in [0.1, 0.15) is 21.6 Å². The molecule has 2 N–H and O–H groups in total. The Morgan fingerprint density at radius 1 is 1.12 bits per heavy atom. The number of amides is 1. The average Bonchev–Trinajstić information content (AvgIpc) is 2.63. The van der Waals surface area contributed by atoms with E-state index in [0.717, 1.165) is 27.0 Å². The Morgan fingerprint density at radius 2 is 1.92 bits per heavy atom. The van der Waals surface area contributed by atoms with Crippen LogP contribution in [0.15, 0.2) is 65.5 Å². The maximum Gasteiger partial charge on any atom is 0.274 e. The van der Waals surface area contributed by atoms with E-state index in [9.17, 15) is 4.79 Å². The number of hydrogen-bond acceptors (Lipinski definition) is 4. The molecule has 0 fully saturated rings. The average molecular weight is 397 g/mol. The van der Waals surface area contributed by atoms with E-state index in [0.29, 0.717) is 12.2 Å². The molecule has 2 heterocycles. The summed E-state index contributed by atoms with van der Waals surface area (Å²) in [5.74, 6) is -0.230. The lowest BCUT2D eigenvalue weighted by Crippen LogP contribution is -2.14. The summed E-state index contributed by atoms with van der Waals surface area (Å²) in [6.45, 7) is 2.62. The predicted octanol–water partition coefficient (Wildman–Crippen LogP) is 4.41. The molecule has 1 amide bonds. The fourth-order valence-electron chi connectivity index (χ4n) is 2.29. The van der Waals surface area contributed by atoms with Gasteiger partial charge in [0.25, 0.3) is 5.91 Å². The number of nitrogens with zero attached hydrogens (tertiary/aromatic N) is 2. The number of hydrogen-bond donors (Lipinski definition) is 2. The highest BCUT2D eigenvalue weighted by atomic mass is 79.9. The summed E-state index contributed by atoms with van der Waals surface area (Å²) in [5.41, 5.74) is 4.11. The smallest absolute Gasteiger partial charge is 0.274 e. The minimum absolute atomic E-state index is 0.230. The predicted molar refractivity (Wildman–Crippen MR) is 103 cm³/mol. The topological polar surface area (TPSA) is 66.9 Å². The van der Waals surface area contributed by atoms with Crippen LogP contribution in [-0.4, -0.2) is 15.9 Å². The number of halogens is 1. The maximum atomic E-state index is 12.3. The van der Waals surface area contributed by atoms with Crippen LogP contribution in [0, 0.1) is 6.92 Å². The second kappa shape index (κ2) is 7.90. The first kappa shape index (κ1) is 17.1. The summed E-state index contributed by atoms with van der Waals surface area (Å²) in [7, 11) is 0. The van der Waals surface area contributed by atoms with Crippen LogP contribution >= 0.6 is 15.9 Å². The molecular weight excluding hydrogens is 380 g/mol. The van der Waals surface area contributed by atoms with Gasteiger partial charge >= 0.3 is 0 Å². The highest BCUT2D eigenvalue weighted by molar-refractivity contribution is 9.10. The first-order valence-corrected chi connectivity index (χ1v) is 8.57. The normalized spacial score (nSPS) is 10.3. The number of benzene rings is 1. The third kappa shape index (κ3) is 4.64. The van der Waals surface area contributed by atoms with Gasteiger partial charge in [-0.25, -0.2) is 4.98 Å². The highest BCUT2D eigenvalue weighted by Crippen LogP contribution is 2.20. The van der Waals surface area contributed by atoms with E-state index in [2.05, 4.69) is 36.5 Å². The summed E-state index contributed by atoms with van der Waals surface area (Å²) in [6.07, 6.45) is 5.17. The van der Waals surface area contributed by atoms with Crippen LogP contribution in [0.5, 0.6) is 0 Å². The van der Waals surface area contributed by atoms with Crippen LogP contribution in [0.2, 0.25) is 0 Å². The SMILES string of the molecule is Cc1cc(Br)ccc1NC(=O)c1ccc(NCc2ccncc2)cn1. The van der Waals surface area contributed by atoms with Crippen LogP contribution < -0.4 is 10.6 Å². The minimum atomic E-state index is -0.230. The van der Waals surface area contributed by atoms with E-state index in [1.165, 1.54) is 0 Å². The van der Waals surface area contributed by atoms with Gasteiger partial charge < -0.3 is 10.6 Å². The van der Waals surface area contributed by atoms with Crippen molar-refractivity contribution in [3.8, 4) is 0 Å². The number of carbonyl (C=O) groups excluding carboxylic acids is 1. The molecule has 0 aliphatic heterocycles. The van der Waals surface area contributed by atoms with Crippen molar-refractivity contribution in [3.63, 3.8) is 0 Å². The lowest BCUT2D eigenvalue weighted by Gasteiger charge is -2.09. The molecule has 0 spiro atoms. The van der Waals surface area contributed by atoms with Crippen molar-refractivity contribution in [1.82, 2.24) is 9.97 Å². The van der Waals surface area contributed by atoms with E-state index in [4.69, 9.17) is 0 Å². The fourth-order valence-corrected chi connectivity index (χ4v) is 2.77. The second-order valence-corrected chi connectivity index (χ2v) is 6.47. The molecule has 0 bridgehead atoms. The van der Waals surface area contributed by atoms with Gasteiger partial charge in [-0.2, -0.15) is 0 Å². The van der Waals surface area contributed by atoms with Crippen LogP contribution in [0.25, 0.3) is 0 Å². The second-order valence-electron chi connectivity index (χ2n) is 5.55. The Labute approximate surface area is 154 Å². The number of anilines is 2. The molecule has 3 rings (SSSR count). The number of carbonyl (C=O) groups is 1. The first-order valence-electron chi connectivity index (χ1n) is 7.78. The number of nitrogens with one attached hydrogen (secondary N) is 2. The Balaban J connectivity index is 1.62. The maximum absolute atomic E-state index is 12.3. The molecule has 0 aliphatic carbocycles. The molecule has 25 heavy (non-hydrogen) atoms. The minimum Gasteiger partial charge on any atom is -0.380 e. The van der Waals surface area contributed by atoms with Crippen LogP contribution in [-0.2, 0) is 6.54 Å². The standard InChI is InChI=1S/C19H17BrN4O/c1-13-10-15(20)2-4-17(13)24-19(25)18-5-3-16(12-23-18)22-11-14-6-8-21-9-7-14/h2-10,12,22H,11H2,1H3,(H,24,25). The molecule has 1 aromatic carbocycles. The van der Waals surface area contributed by atoms with Gasteiger partial charge in [-0.15, -0.1) is 0 Å². The van der Waals surface area contributed by atoms with Gasteiger partial charge in [-0.05, 0) is 60.5 Å². The third-order valence-electron chi connectivity index (χ3n) is 3.68. The number of aryl methyl sites for hydroxylation is 1. The number of rotatable bonds is 5. The zero-order chi connectivity index (χ0) is 17.6. The van der Waals surface area contributed by atoms with E-state index < -0.39 is 0 Å². The van der Waals surface area contributed by atoms with Crippen molar-refractivity contribution < 1.29 is 4.79 Å². The third-order valence-corrected chi connectivity index (χ3v) is 4.17. The summed E-state index contributed by atoms with van der Waals surface area (Å²) in [4.78, 5) is 20.6. The molecule has 3 aromatic rings. The Hall–Kier alpha value is -2.73. The van der Waals surface area contributed by atoms with Gasteiger partial charge in [0.15, 0.2) is 0 Å². The molecule has 0 radical (unpaired) electrons. The van der Waals surface area contributed by atoms with E-state index in [1.807, 2.05) is 43.3 Å². The summed E-state index contributed by atoms with van der Waals surface area (Å²) >= 11 is 3.41. The summed E-state index contributed by atoms with van der Waals surface area (Å²) in [6, 6.07) is 13.2. The van der Waals surface area contributed by atoms with E-state index >= 15 is 0 Å². The molecule has 2 aromatic heterocycles. The molecule has 0 atom stereocenters. The Kier molecular flexibility index (Phi) is 5.40. The summed E-state index contributed by atoms with van der Waals surface area (Å²) < 4.78 is 0.978. The number of aromatic nitrogens is 2. The van der Waals surface area contributed by atoms with E-state index in [1.54, 1.807) is 24.7 Å². The van der Waals surface area contributed by atoms with E-state index in [-0.39, 0.29) is 5.91 Å². The Bertz CT molecular complexity index is 866. The van der Waals surface area contributed by atoms with Crippen LogP contribution in [0.4, 0.5) is 11.4 Å². The van der Waals surface area contributed by atoms with Gasteiger partial charge in [0.1, 0.15) is 5.69 Å². The van der Waals surface area contributed by atoms with Gasteiger partial charge in [-0.3, -0.25) is 9.78 Å². The van der Waals surface area contributed by atoms with Crippen LogP contribution in [0.3, 0.4) is 0 Å². The molecular formula is C19H17BrN4O. The van der Waals surface area contributed by atoms with Gasteiger partial charge in [-0.1, -0.05) is 15.9 Å². The fraction of sp³-hybridized carbons (Fsp3) is 0.105. The molecule has 0 saturated carbocycles. The molecule has 126 valence electrons. The number of pyridine rings is 2. The first-order chi connectivity index (χ1) is 12.1. The van der Waals surface area contributed by atoms with Crippen molar-refractivity contribution in [1.29, 1.82) is 0 Å². The van der Waals surface area contributed by atoms with Crippen molar-refractivity contribution in [2.75, 3.05) is 10.6 Å². The molecule has 5 nitrogen and oxygen atoms in total. The van der Waals surface area contributed by atoms with Crippen molar-refractivity contribution in [3.05, 3.63) is 82.3 Å². The zero-order valence-corrected chi connectivity index (χ0v) is 15.2. The van der Waals surface area contributed by atoms with Crippen molar-refractivity contribution in [2.45, 2.75) is 13.5 Å². The molecule has 6 heteroatoms. The Morgan fingerprint density at radius 3 is 2.60 bits per heavy atom. The molecule has 0 unspecified atom stereocenters. The largest absolute Gasteiger partial charge is 0.380 e. The van der Waals surface area contributed by atoms with Gasteiger partial charge in [0, 0.05) is 29.1 Å². The van der Waals surface area contributed by atoms with Crippen molar-refractivity contribution in [2.24, 2.45) is 0 Å². The van der Waals surface area contributed by atoms with Gasteiger partial charge in [0.2, 0.25) is 0 Å². The zero-order valence-electron chi connectivity index (χ0n) is 13.7. The monoisotopic (exact) mass is 396 g/mol. The van der Waals surface area contributed by atoms with Gasteiger partial charge in [0.05, 0.1) is 11.9 Å². The molecule has 0 aliphatic rings. The summed E-state index contributed by atoms with van der Waals surface area (Å²) in [5, 5.41) is 6.15. The molecule has 0 saturated heterocycles. The lowest BCUT2D eigenvalue weighted by molar-refractivity contribution is 0.102. The van der Waals surface area contributed by atoms with Crippen molar-refractivity contribution >= 4 is 33.2 Å². The lowest BCUT2D eigenvalue weighted by atomic mass is 10.2.